The topological polar surface area (TPSA) is 25.2 Å². The minimum atomic E-state index is -0.0576. The summed E-state index contributed by atoms with van der Waals surface area (Å²) >= 11 is 3.45. The lowest BCUT2D eigenvalue weighted by molar-refractivity contribution is 0.400. The predicted molar refractivity (Wildman–Crippen MR) is 72.7 cm³/mol. The van der Waals surface area contributed by atoms with Crippen LogP contribution in [-0.2, 0) is 12.1 Å². The highest BCUT2D eigenvalue weighted by molar-refractivity contribution is 9.10. The number of rotatable bonds is 4. The number of furan rings is 1. The molecule has 0 fully saturated rings. The van der Waals surface area contributed by atoms with Gasteiger partial charge in [0.05, 0.1) is 12.5 Å². The molecule has 0 spiro atoms. The molecule has 0 aliphatic heterocycles. The van der Waals surface area contributed by atoms with Crippen LogP contribution in [0.5, 0.6) is 0 Å². The van der Waals surface area contributed by atoms with Gasteiger partial charge in [-0.1, -0.05) is 28.1 Å². The molecule has 1 aromatic carbocycles. The second-order valence-corrected chi connectivity index (χ2v) is 5.53. The number of nitrogens with one attached hydrogen (secondary N) is 1. The first-order valence-corrected chi connectivity index (χ1v) is 6.39. The van der Waals surface area contributed by atoms with Gasteiger partial charge in [0.1, 0.15) is 0 Å². The monoisotopic (exact) mass is 293 g/mol. The molecular weight excluding hydrogens is 278 g/mol. The summed E-state index contributed by atoms with van der Waals surface area (Å²) in [7, 11) is 0. The molecule has 1 N–H and O–H groups in total. The van der Waals surface area contributed by atoms with E-state index in [2.05, 4.69) is 59.4 Å². The van der Waals surface area contributed by atoms with Crippen molar-refractivity contribution in [2.24, 2.45) is 0 Å². The summed E-state index contributed by atoms with van der Waals surface area (Å²) in [5.74, 6) is 0. The number of hydrogen-bond donors (Lipinski definition) is 1. The average Bonchev–Trinajstić information content (AvgIpc) is 2.80. The zero-order valence-corrected chi connectivity index (χ0v) is 11.6. The van der Waals surface area contributed by atoms with Gasteiger partial charge in [-0.05, 0) is 37.6 Å². The van der Waals surface area contributed by atoms with Crippen LogP contribution in [0.2, 0.25) is 0 Å². The van der Waals surface area contributed by atoms with E-state index in [4.69, 9.17) is 4.42 Å². The fourth-order valence-electron chi connectivity index (χ4n) is 1.68. The third kappa shape index (κ3) is 3.20. The number of hydrogen-bond acceptors (Lipinski definition) is 2. The van der Waals surface area contributed by atoms with Crippen molar-refractivity contribution in [2.45, 2.75) is 25.9 Å². The van der Waals surface area contributed by atoms with E-state index in [0.29, 0.717) is 0 Å². The Morgan fingerprint density at radius 3 is 2.47 bits per heavy atom. The average molecular weight is 294 g/mol. The Morgan fingerprint density at radius 2 is 1.88 bits per heavy atom. The maximum atomic E-state index is 5.05. The highest BCUT2D eigenvalue weighted by Crippen LogP contribution is 2.22. The van der Waals surface area contributed by atoms with Gasteiger partial charge >= 0.3 is 0 Å². The van der Waals surface area contributed by atoms with Gasteiger partial charge in [0.15, 0.2) is 0 Å². The summed E-state index contributed by atoms with van der Waals surface area (Å²) in [6, 6.07) is 10.4. The molecule has 0 aliphatic carbocycles. The zero-order valence-electron chi connectivity index (χ0n) is 10.0. The standard InChI is InChI=1S/C14H16BrNO/c1-14(2,12-3-5-13(15)6-4-12)16-9-11-7-8-17-10-11/h3-8,10,16H,9H2,1-2H3. The van der Waals surface area contributed by atoms with Gasteiger partial charge in [-0.15, -0.1) is 0 Å². The van der Waals surface area contributed by atoms with Crippen molar-refractivity contribution in [3.8, 4) is 0 Å². The molecule has 1 heterocycles. The van der Waals surface area contributed by atoms with Gasteiger partial charge < -0.3 is 9.73 Å². The van der Waals surface area contributed by atoms with Crippen LogP contribution in [0.1, 0.15) is 25.0 Å². The SMILES string of the molecule is CC(C)(NCc1ccoc1)c1ccc(Br)cc1. The molecule has 0 aliphatic rings. The Kier molecular flexibility index (Phi) is 3.69. The second-order valence-electron chi connectivity index (χ2n) is 4.62. The molecule has 0 saturated heterocycles. The molecule has 0 amide bonds. The van der Waals surface area contributed by atoms with Crippen LogP contribution in [0.3, 0.4) is 0 Å². The molecule has 90 valence electrons. The third-order valence-corrected chi connectivity index (χ3v) is 3.41. The molecule has 1 aromatic heterocycles. The summed E-state index contributed by atoms with van der Waals surface area (Å²) in [5.41, 5.74) is 2.37. The maximum absolute atomic E-state index is 5.05. The van der Waals surface area contributed by atoms with Crippen molar-refractivity contribution >= 4 is 15.9 Å². The van der Waals surface area contributed by atoms with E-state index in [-0.39, 0.29) is 5.54 Å². The molecule has 0 unspecified atom stereocenters. The third-order valence-electron chi connectivity index (χ3n) is 2.88. The van der Waals surface area contributed by atoms with Gasteiger partial charge in [-0.2, -0.15) is 0 Å². The quantitative estimate of drug-likeness (QED) is 0.919. The van der Waals surface area contributed by atoms with Crippen molar-refractivity contribution in [3.63, 3.8) is 0 Å². The number of halogens is 1. The summed E-state index contributed by atoms with van der Waals surface area (Å²) in [5, 5.41) is 3.52. The molecule has 2 nitrogen and oxygen atoms in total. The lowest BCUT2D eigenvalue weighted by Crippen LogP contribution is -2.35. The summed E-state index contributed by atoms with van der Waals surface area (Å²) in [6.07, 6.45) is 3.47. The smallest absolute Gasteiger partial charge is 0.0947 e. The minimum absolute atomic E-state index is 0.0576. The Bertz CT molecular complexity index is 459. The molecule has 0 saturated carbocycles. The Balaban J connectivity index is 2.05. The van der Waals surface area contributed by atoms with E-state index < -0.39 is 0 Å². The number of benzene rings is 1. The highest BCUT2D eigenvalue weighted by Gasteiger charge is 2.19. The largest absolute Gasteiger partial charge is 0.472 e. The van der Waals surface area contributed by atoms with Crippen LogP contribution >= 0.6 is 15.9 Å². The van der Waals surface area contributed by atoms with Crippen molar-refractivity contribution in [1.29, 1.82) is 0 Å². The predicted octanol–water partition coefficient (Wildman–Crippen LogP) is 4.07. The first-order chi connectivity index (χ1) is 8.08. The fraction of sp³-hybridized carbons (Fsp3) is 0.286. The van der Waals surface area contributed by atoms with Crippen LogP contribution < -0.4 is 5.32 Å². The van der Waals surface area contributed by atoms with Crippen LogP contribution in [0.4, 0.5) is 0 Å². The van der Waals surface area contributed by atoms with Crippen molar-refractivity contribution in [2.75, 3.05) is 0 Å². The Hall–Kier alpha value is -1.06. The lowest BCUT2D eigenvalue weighted by atomic mass is 9.94. The summed E-state index contributed by atoms with van der Waals surface area (Å²) in [4.78, 5) is 0. The van der Waals surface area contributed by atoms with Crippen LogP contribution in [-0.4, -0.2) is 0 Å². The molecule has 0 atom stereocenters. The molecule has 3 heteroatoms. The fourth-order valence-corrected chi connectivity index (χ4v) is 1.95. The van der Waals surface area contributed by atoms with Crippen molar-refractivity contribution < 1.29 is 4.42 Å². The van der Waals surface area contributed by atoms with Gasteiger partial charge in [-0.25, -0.2) is 0 Å². The molecule has 0 radical (unpaired) electrons. The van der Waals surface area contributed by atoms with Crippen molar-refractivity contribution in [1.82, 2.24) is 5.32 Å². The van der Waals surface area contributed by atoms with Crippen LogP contribution in [0, 0.1) is 0 Å². The second kappa shape index (κ2) is 5.07. The van der Waals surface area contributed by atoms with E-state index in [0.717, 1.165) is 16.6 Å². The minimum Gasteiger partial charge on any atom is -0.472 e. The molecule has 0 bridgehead atoms. The molecule has 2 aromatic rings. The van der Waals surface area contributed by atoms with E-state index >= 15 is 0 Å². The van der Waals surface area contributed by atoms with E-state index in [1.807, 2.05) is 6.07 Å². The first kappa shape index (κ1) is 12.4. The van der Waals surface area contributed by atoms with Gasteiger partial charge in [0.25, 0.3) is 0 Å². The van der Waals surface area contributed by atoms with E-state index in [1.165, 1.54) is 5.56 Å². The Labute approximate surface area is 110 Å². The maximum Gasteiger partial charge on any atom is 0.0947 e. The lowest BCUT2D eigenvalue weighted by Gasteiger charge is -2.27. The van der Waals surface area contributed by atoms with Gasteiger partial charge in [0, 0.05) is 22.1 Å². The van der Waals surface area contributed by atoms with Crippen molar-refractivity contribution in [3.05, 3.63) is 58.5 Å². The summed E-state index contributed by atoms with van der Waals surface area (Å²) in [6.45, 7) is 5.16. The van der Waals surface area contributed by atoms with Gasteiger partial charge in [0.2, 0.25) is 0 Å². The van der Waals surface area contributed by atoms with Crippen LogP contribution in [0.25, 0.3) is 0 Å². The molecule has 2 rings (SSSR count). The first-order valence-electron chi connectivity index (χ1n) is 5.60. The summed E-state index contributed by atoms with van der Waals surface area (Å²) < 4.78 is 6.16. The molecule has 17 heavy (non-hydrogen) atoms. The molecular formula is C14H16BrNO. The zero-order chi connectivity index (χ0) is 12.3. The Morgan fingerprint density at radius 1 is 1.18 bits per heavy atom. The highest BCUT2D eigenvalue weighted by atomic mass is 79.9. The normalized spacial score (nSPS) is 11.7. The van der Waals surface area contributed by atoms with Gasteiger partial charge in [-0.3, -0.25) is 0 Å². The van der Waals surface area contributed by atoms with E-state index in [9.17, 15) is 0 Å². The van der Waals surface area contributed by atoms with E-state index in [1.54, 1.807) is 12.5 Å². The van der Waals surface area contributed by atoms with Crippen LogP contribution in [0.15, 0.2) is 51.7 Å².